The zero-order valence-electron chi connectivity index (χ0n) is 10.9. The minimum atomic E-state index is -0.267. The molecule has 1 aliphatic rings. The van der Waals surface area contributed by atoms with Crippen LogP contribution in [0, 0.1) is 0 Å². The van der Waals surface area contributed by atoms with E-state index in [-0.39, 0.29) is 18.1 Å². The SMILES string of the molecule is CCCCN(CC(N)=O)C(C)C1CNCCO1. The van der Waals surface area contributed by atoms with E-state index in [0.717, 1.165) is 39.1 Å². The topological polar surface area (TPSA) is 67.6 Å². The van der Waals surface area contributed by atoms with E-state index in [9.17, 15) is 4.79 Å². The first-order valence-electron chi connectivity index (χ1n) is 6.49. The Bertz CT molecular complexity index is 230. The number of carbonyl (C=O) groups is 1. The molecule has 5 heteroatoms. The fourth-order valence-corrected chi connectivity index (χ4v) is 2.12. The van der Waals surface area contributed by atoms with Gasteiger partial charge in [0, 0.05) is 19.1 Å². The summed E-state index contributed by atoms with van der Waals surface area (Å²) < 4.78 is 5.73. The van der Waals surface area contributed by atoms with Gasteiger partial charge in [-0.05, 0) is 19.9 Å². The Morgan fingerprint density at radius 2 is 2.41 bits per heavy atom. The highest BCUT2D eigenvalue weighted by Gasteiger charge is 2.26. The lowest BCUT2D eigenvalue weighted by Crippen LogP contribution is -2.52. The predicted octanol–water partition coefficient (Wildman–Crippen LogP) is -0.0493. The smallest absolute Gasteiger partial charge is 0.231 e. The molecule has 5 nitrogen and oxygen atoms in total. The summed E-state index contributed by atoms with van der Waals surface area (Å²) in [6.45, 7) is 7.98. The largest absolute Gasteiger partial charge is 0.374 e. The van der Waals surface area contributed by atoms with Crippen molar-refractivity contribution in [1.29, 1.82) is 0 Å². The van der Waals surface area contributed by atoms with Crippen LogP contribution in [0.5, 0.6) is 0 Å². The molecule has 1 heterocycles. The Morgan fingerprint density at radius 1 is 1.65 bits per heavy atom. The second-order valence-electron chi connectivity index (χ2n) is 4.64. The zero-order chi connectivity index (χ0) is 12.7. The van der Waals surface area contributed by atoms with Gasteiger partial charge in [0.15, 0.2) is 0 Å². The molecule has 100 valence electrons. The van der Waals surface area contributed by atoms with Crippen LogP contribution in [0.4, 0.5) is 0 Å². The summed E-state index contributed by atoms with van der Waals surface area (Å²) in [6.07, 6.45) is 2.35. The summed E-state index contributed by atoms with van der Waals surface area (Å²) in [7, 11) is 0. The molecular formula is C12H25N3O2. The van der Waals surface area contributed by atoms with Gasteiger partial charge in [0.1, 0.15) is 0 Å². The molecule has 0 spiro atoms. The summed E-state index contributed by atoms with van der Waals surface area (Å²) in [6, 6.07) is 0.224. The molecule has 0 bridgehead atoms. The van der Waals surface area contributed by atoms with Crippen LogP contribution in [0.3, 0.4) is 0 Å². The van der Waals surface area contributed by atoms with Gasteiger partial charge in [-0.2, -0.15) is 0 Å². The third-order valence-corrected chi connectivity index (χ3v) is 3.23. The fraction of sp³-hybridized carbons (Fsp3) is 0.917. The van der Waals surface area contributed by atoms with Crippen molar-refractivity contribution in [3.8, 4) is 0 Å². The average Bonchev–Trinajstić information content (AvgIpc) is 2.34. The number of nitrogens with one attached hydrogen (secondary N) is 1. The fourth-order valence-electron chi connectivity index (χ4n) is 2.12. The highest BCUT2D eigenvalue weighted by molar-refractivity contribution is 5.75. The summed E-state index contributed by atoms with van der Waals surface area (Å²) in [4.78, 5) is 13.2. The number of primary amides is 1. The van der Waals surface area contributed by atoms with Crippen molar-refractivity contribution in [3.63, 3.8) is 0 Å². The molecular weight excluding hydrogens is 218 g/mol. The first kappa shape index (κ1) is 14.4. The van der Waals surface area contributed by atoms with E-state index < -0.39 is 0 Å². The molecule has 2 unspecified atom stereocenters. The van der Waals surface area contributed by atoms with Crippen LogP contribution < -0.4 is 11.1 Å². The number of nitrogens with zero attached hydrogens (tertiary/aromatic N) is 1. The summed E-state index contributed by atoms with van der Waals surface area (Å²) in [5, 5.41) is 3.31. The van der Waals surface area contributed by atoms with E-state index >= 15 is 0 Å². The molecule has 1 fully saturated rings. The molecule has 0 aromatic heterocycles. The van der Waals surface area contributed by atoms with Gasteiger partial charge in [-0.1, -0.05) is 13.3 Å². The van der Waals surface area contributed by atoms with Crippen molar-refractivity contribution in [2.24, 2.45) is 5.73 Å². The number of morpholine rings is 1. The highest BCUT2D eigenvalue weighted by Crippen LogP contribution is 2.10. The predicted molar refractivity (Wildman–Crippen MR) is 67.7 cm³/mol. The molecule has 0 aromatic rings. The zero-order valence-corrected chi connectivity index (χ0v) is 10.9. The monoisotopic (exact) mass is 243 g/mol. The van der Waals surface area contributed by atoms with Gasteiger partial charge < -0.3 is 15.8 Å². The van der Waals surface area contributed by atoms with E-state index in [1.807, 2.05) is 0 Å². The molecule has 0 aromatic carbocycles. The Hall–Kier alpha value is -0.650. The molecule has 1 rings (SSSR count). The lowest BCUT2D eigenvalue weighted by atomic mass is 10.1. The number of hydrogen-bond acceptors (Lipinski definition) is 4. The number of hydrogen-bond donors (Lipinski definition) is 2. The van der Waals surface area contributed by atoms with Crippen LogP contribution in [0.1, 0.15) is 26.7 Å². The van der Waals surface area contributed by atoms with Crippen molar-refractivity contribution in [3.05, 3.63) is 0 Å². The van der Waals surface area contributed by atoms with Gasteiger partial charge in [0.05, 0.1) is 19.3 Å². The Morgan fingerprint density at radius 3 is 2.94 bits per heavy atom. The molecule has 3 N–H and O–H groups in total. The number of rotatable bonds is 7. The van der Waals surface area contributed by atoms with Crippen molar-refractivity contribution in [2.75, 3.05) is 32.8 Å². The summed E-state index contributed by atoms with van der Waals surface area (Å²) in [5.74, 6) is -0.267. The number of ether oxygens (including phenoxy) is 1. The lowest BCUT2D eigenvalue weighted by Gasteiger charge is -2.36. The van der Waals surface area contributed by atoms with Gasteiger partial charge in [-0.15, -0.1) is 0 Å². The first-order chi connectivity index (χ1) is 8.15. The standard InChI is InChI=1S/C12H25N3O2/c1-3-4-6-15(9-12(13)16)10(2)11-8-14-5-7-17-11/h10-11,14H,3-9H2,1-2H3,(H2,13,16). The molecule has 0 aliphatic carbocycles. The maximum Gasteiger partial charge on any atom is 0.231 e. The minimum absolute atomic E-state index is 0.153. The summed E-state index contributed by atoms with van der Waals surface area (Å²) >= 11 is 0. The van der Waals surface area contributed by atoms with E-state index in [1.165, 1.54) is 0 Å². The van der Waals surface area contributed by atoms with Crippen LogP contribution in [-0.2, 0) is 9.53 Å². The Kier molecular flexibility index (Phi) is 6.47. The van der Waals surface area contributed by atoms with E-state index in [0.29, 0.717) is 6.54 Å². The van der Waals surface area contributed by atoms with Crippen molar-refractivity contribution in [1.82, 2.24) is 10.2 Å². The molecule has 0 saturated carbocycles. The number of amides is 1. The minimum Gasteiger partial charge on any atom is -0.374 e. The average molecular weight is 243 g/mol. The van der Waals surface area contributed by atoms with E-state index in [4.69, 9.17) is 10.5 Å². The van der Waals surface area contributed by atoms with Crippen molar-refractivity contribution >= 4 is 5.91 Å². The van der Waals surface area contributed by atoms with Crippen LogP contribution in [-0.4, -0.2) is 55.7 Å². The van der Waals surface area contributed by atoms with Crippen LogP contribution in [0.2, 0.25) is 0 Å². The molecule has 2 atom stereocenters. The second-order valence-corrected chi connectivity index (χ2v) is 4.64. The molecule has 1 saturated heterocycles. The number of carbonyl (C=O) groups excluding carboxylic acids is 1. The van der Waals surface area contributed by atoms with Crippen LogP contribution >= 0.6 is 0 Å². The third-order valence-electron chi connectivity index (χ3n) is 3.23. The van der Waals surface area contributed by atoms with Gasteiger partial charge >= 0.3 is 0 Å². The highest BCUT2D eigenvalue weighted by atomic mass is 16.5. The van der Waals surface area contributed by atoms with Gasteiger partial charge in [0.2, 0.25) is 5.91 Å². The second kappa shape index (κ2) is 7.63. The number of nitrogens with two attached hydrogens (primary N) is 1. The van der Waals surface area contributed by atoms with Crippen molar-refractivity contribution < 1.29 is 9.53 Å². The molecule has 1 aliphatic heterocycles. The normalized spacial score (nSPS) is 22.6. The van der Waals surface area contributed by atoms with E-state index in [1.54, 1.807) is 0 Å². The molecule has 1 amide bonds. The maximum atomic E-state index is 11.1. The van der Waals surface area contributed by atoms with Crippen molar-refractivity contribution in [2.45, 2.75) is 38.8 Å². The van der Waals surface area contributed by atoms with Crippen LogP contribution in [0.25, 0.3) is 0 Å². The summed E-state index contributed by atoms with van der Waals surface area (Å²) in [5.41, 5.74) is 5.30. The number of unbranched alkanes of at least 4 members (excludes halogenated alkanes) is 1. The lowest BCUT2D eigenvalue weighted by molar-refractivity contribution is -0.120. The molecule has 17 heavy (non-hydrogen) atoms. The van der Waals surface area contributed by atoms with Gasteiger partial charge in [-0.25, -0.2) is 0 Å². The van der Waals surface area contributed by atoms with Gasteiger partial charge in [-0.3, -0.25) is 9.69 Å². The Balaban J connectivity index is 2.49. The van der Waals surface area contributed by atoms with E-state index in [2.05, 4.69) is 24.1 Å². The quantitative estimate of drug-likeness (QED) is 0.658. The van der Waals surface area contributed by atoms with Gasteiger partial charge in [0.25, 0.3) is 0 Å². The Labute approximate surface area is 104 Å². The third kappa shape index (κ3) is 5.02. The first-order valence-corrected chi connectivity index (χ1v) is 6.49. The maximum absolute atomic E-state index is 11.1. The molecule has 0 radical (unpaired) electrons. The van der Waals surface area contributed by atoms with Crippen LogP contribution in [0.15, 0.2) is 0 Å².